The molecule has 3 rings (SSSR count). The number of aryl methyl sites for hydroxylation is 1. The van der Waals surface area contributed by atoms with E-state index in [1.54, 1.807) is 0 Å². The molecule has 1 saturated heterocycles. The fourth-order valence-electron chi connectivity index (χ4n) is 2.72. The van der Waals surface area contributed by atoms with Gasteiger partial charge in [-0.2, -0.15) is 5.10 Å². The van der Waals surface area contributed by atoms with E-state index >= 15 is 0 Å². The Hall–Kier alpha value is -0.900. The lowest BCUT2D eigenvalue weighted by Gasteiger charge is -2.26. The lowest BCUT2D eigenvalue weighted by Crippen LogP contribution is -2.43. The summed E-state index contributed by atoms with van der Waals surface area (Å²) >= 11 is 0. The van der Waals surface area contributed by atoms with Crippen molar-refractivity contribution in [3.05, 3.63) is 11.6 Å². The van der Waals surface area contributed by atoms with Crippen molar-refractivity contribution in [2.45, 2.75) is 38.0 Å². The molecule has 1 saturated carbocycles. The first-order chi connectivity index (χ1) is 7.83. The second kappa shape index (κ2) is 4.17. The summed E-state index contributed by atoms with van der Waals surface area (Å²) in [7, 11) is 2.03. The number of nitrogens with one attached hydrogen (secondary N) is 1. The van der Waals surface area contributed by atoms with Gasteiger partial charge in [-0.05, 0) is 31.8 Å². The van der Waals surface area contributed by atoms with E-state index in [0.29, 0.717) is 5.92 Å². The molecule has 2 aliphatic rings. The highest BCUT2D eigenvalue weighted by molar-refractivity contribution is 5.02. The van der Waals surface area contributed by atoms with E-state index < -0.39 is 0 Å². The molecule has 1 aliphatic heterocycles. The minimum atomic E-state index is 0.638. The van der Waals surface area contributed by atoms with Gasteiger partial charge < -0.3 is 5.32 Å². The van der Waals surface area contributed by atoms with Crippen LogP contribution in [0.15, 0.2) is 0 Å². The molecule has 1 N–H and O–H groups in total. The number of rotatable bonds is 3. The standard InChI is InChI=1S/C12H20N4/c1-16-11(6-9-7-13-8-9)14-12(15-16)10-4-2-3-5-10/h9-10,13H,2-8H2,1H3. The highest BCUT2D eigenvalue weighted by Gasteiger charge is 2.24. The Bertz CT molecular complexity index is 361. The molecule has 1 aliphatic carbocycles. The van der Waals surface area contributed by atoms with E-state index in [2.05, 4.69) is 10.4 Å². The first kappa shape index (κ1) is 10.3. The molecule has 2 fully saturated rings. The summed E-state index contributed by atoms with van der Waals surface area (Å²) in [6, 6.07) is 0. The fourth-order valence-corrected chi connectivity index (χ4v) is 2.72. The van der Waals surface area contributed by atoms with E-state index in [4.69, 9.17) is 4.98 Å². The molecule has 0 bridgehead atoms. The summed E-state index contributed by atoms with van der Waals surface area (Å²) in [5.41, 5.74) is 0. The van der Waals surface area contributed by atoms with Crippen LogP contribution in [-0.4, -0.2) is 27.9 Å². The Kier molecular flexibility index (Phi) is 2.67. The van der Waals surface area contributed by atoms with Gasteiger partial charge in [-0.15, -0.1) is 0 Å². The maximum absolute atomic E-state index is 4.74. The van der Waals surface area contributed by atoms with Crippen molar-refractivity contribution in [1.29, 1.82) is 0 Å². The van der Waals surface area contributed by atoms with Crippen molar-refractivity contribution in [2.24, 2.45) is 13.0 Å². The third-order valence-electron chi connectivity index (χ3n) is 3.93. The third-order valence-corrected chi connectivity index (χ3v) is 3.93. The second-order valence-electron chi connectivity index (χ2n) is 5.22. The molecule has 0 atom stereocenters. The zero-order chi connectivity index (χ0) is 11.0. The number of hydrogen-bond acceptors (Lipinski definition) is 3. The maximum atomic E-state index is 4.74. The fraction of sp³-hybridized carbons (Fsp3) is 0.833. The van der Waals surface area contributed by atoms with Gasteiger partial charge in [-0.1, -0.05) is 12.8 Å². The molecule has 4 nitrogen and oxygen atoms in total. The summed E-state index contributed by atoms with van der Waals surface area (Å²) in [6.07, 6.45) is 6.36. The predicted molar refractivity (Wildman–Crippen MR) is 62.3 cm³/mol. The van der Waals surface area contributed by atoms with Gasteiger partial charge in [0.15, 0.2) is 5.82 Å². The van der Waals surface area contributed by atoms with Gasteiger partial charge in [0, 0.05) is 19.4 Å². The largest absolute Gasteiger partial charge is 0.316 e. The zero-order valence-corrected chi connectivity index (χ0v) is 9.95. The van der Waals surface area contributed by atoms with E-state index in [1.807, 2.05) is 11.7 Å². The number of nitrogens with zero attached hydrogens (tertiary/aromatic N) is 3. The molecule has 0 unspecified atom stereocenters. The summed E-state index contributed by atoms with van der Waals surface area (Å²) in [5.74, 6) is 3.69. The van der Waals surface area contributed by atoms with Gasteiger partial charge >= 0.3 is 0 Å². The van der Waals surface area contributed by atoms with Crippen LogP contribution >= 0.6 is 0 Å². The van der Waals surface area contributed by atoms with Crippen LogP contribution in [-0.2, 0) is 13.5 Å². The predicted octanol–water partition coefficient (Wildman–Crippen LogP) is 1.23. The molecule has 4 heteroatoms. The number of hydrogen-bond donors (Lipinski definition) is 1. The maximum Gasteiger partial charge on any atom is 0.154 e. The van der Waals surface area contributed by atoms with E-state index in [9.17, 15) is 0 Å². The lowest BCUT2D eigenvalue weighted by atomic mass is 9.99. The second-order valence-corrected chi connectivity index (χ2v) is 5.22. The zero-order valence-electron chi connectivity index (χ0n) is 9.95. The van der Waals surface area contributed by atoms with Gasteiger partial charge in [-0.3, -0.25) is 4.68 Å². The average Bonchev–Trinajstić information content (AvgIpc) is 2.80. The van der Waals surface area contributed by atoms with Crippen molar-refractivity contribution in [1.82, 2.24) is 20.1 Å². The topological polar surface area (TPSA) is 42.7 Å². The van der Waals surface area contributed by atoms with Crippen molar-refractivity contribution in [2.75, 3.05) is 13.1 Å². The van der Waals surface area contributed by atoms with E-state index in [0.717, 1.165) is 31.3 Å². The Balaban J connectivity index is 1.72. The normalized spacial score (nSPS) is 22.6. The Morgan fingerprint density at radius 1 is 1.31 bits per heavy atom. The highest BCUT2D eigenvalue weighted by Crippen LogP contribution is 2.32. The molecule has 2 heterocycles. The molecule has 0 aromatic carbocycles. The van der Waals surface area contributed by atoms with Crippen LogP contribution in [0.1, 0.15) is 43.3 Å². The van der Waals surface area contributed by atoms with Gasteiger partial charge in [0.2, 0.25) is 0 Å². The Labute approximate surface area is 96.4 Å². The van der Waals surface area contributed by atoms with Crippen LogP contribution in [0.4, 0.5) is 0 Å². The SMILES string of the molecule is Cn1nc(C2CCCC2)nc1CC1CNC1. The van der Waals surface area contributed by atoms with Crippen LogP contribution in [0.5, 0.6) is 0 Å². The van der Waals surface area contributed by atoms with Crippen molar-refractivity contribution < 1.29 is 0 Å². The molecule has 88 valence electrons. The van der Waals surface area contributed by atoms with Crippen LogP contribution < -0.4 is 5.32 Å². The Morgan fingerprint density at radius 2 is 2.06 bits per heavy atom. The molecular formula is C12H20N4. The van der Waals surface area contributed by atoms with E-state index in [1.165, 1.54) is 31.5 Å². The smallest absolute Gasteiger partial charge is 0.154 e. The molecule has 0 radical (unpaired) electrons. The van der Waals surface area contributed by atoms with Crippen LogP contribution in [0.3, 0.4) is 0 Å². The van der Waals surface area contributed by atoms with Crippen molar-refractivity contribution >= 4 is 0 Å². The minimum absolute atomic E-state index is 0.638. The van der Waals surface area contributed by atoms with Crippen LogP contribution in [0, 0.1) is 5.92 Å². The average molecular weight is 220 g/mol. The van der Waals surface area contributed by atoms with Gasteiger partial charge in [0.05, 0.1) is 0 Å². The molecular weight excluding hydrogens is 200 g/mol. The minimum Gasteiger partial charge on any atom is -0.316 e. The summed E-state index contributed by atoms with van der Waals surface area (Å²) in [6.45, 7) is 2.29. The quantitative estimate of drug-likeness (QED) is 0.833. The van der Waals surface area contributed by atoms with Crippen LogP contribution in [0.2, 0.25) is 0 Å². The van der Waals surface area contributed by atoms with Gasteiger partial charge in [0.25, 0.3) is 0 Å². The third kappa shape index (κ3) is 1.86. The number of aromatic nitrogens is 3. The van der Waals surface area contributed by atoms with Gasteiger partial charge in [0.1, 0.15) is 5.82 Å². The summed E-state index contributed by atoms with van der Waals surface area (Å²) in [4.78, 5) is 4.74. The lowest BCUT2D eigenvalue weighted by molar-refractivity contribution is 0.337. The molecule has 16 heavy (non-hydrogen) atoms. The van der Waals surface area contributed by atoms with E-state index in [-0.39, 0.29) is 0 Å². The van der Waals surface area contributed by atoms with Crippen molar-refractivity contribution in [3.63, 3.8) is 0 Å². The first-order valence-electron chi connectivity index (χ1n) is 6.43. The first-order valence-corrected chi connectivity index (χ1v) is 6.43. The summed E-state index contributed by atoms with van der Waals surface area (Å²) in [5, 5.41) is 7.89. The van der Waals surface area contributed by atoms with Crippen molar-refractivity contribution in [3.8, 4) is 0 Å². The van der Waals surface area contributed by atoms with Crippen LogP contribution in [0.25, 0.3) is 0 Å². The highest BCUT2D eigenvalue weighted by atomic mass is 15.3. The molecule has 1 aromatic rings. The summed E-state index contributed by atoms with van der Waals surface area (Å²) < 4.78 is 1.99. The monoisotopic (exact) mass is 220 g/mol. The molecule has 1 aromatic heterocycles. The Morgan fingerprint density at radius 3 is 2.69 bits per heavy atom. The molecule has 0 spiro atoms. The van der Waals surface area contributed by atoms with Gasteiger partial charge in [-0.25, -0.2) is 4.98 Å². The molecule has 0 amide bonds.